The Hall–Kier alpha value is -0.120. The first kappa shape index (κ1) is 11.4. The highest BCUT2D eigenvalue weighted by atomic mass is 15.0. The molecule has 3 heteroatoms. The Balaban J connectivity index is 1.72. The molecule has 2 rings (SSSR count). The molecule has 0 saturated carbocycles. The highest BCUT2D eigenvalue weighted by Gasteiger charge is 2.27. The average Bonchev–Trinajstić information content (AvgIpc) is 2.32. The second-order valence-electron chi connectivity index (χ2n) is 5.14. The summed E-state index contributed by atoms with van der Waals surface area (Å²) in [4.78, 5) is 0. The Kier molecular flexibility index (Phi) is 4.42. The minimum atomic E-state index is 0.770. The van der Waals surface area contributed by atoms with Gasteiger partial charge in [-0.3, -0.25) is 0 Å². The second kappa shape index (κ2) is 5.83. The quantitative estimate of drug-likeness (QED) is 0.644. The van der Waals surface area contributed by atoms with Crippen molar-refractivity contribution >= 4 is 0 Å². The fourth-order valence-corrected chi connectivity index (χ4v) is 3.04. The Labute approximate surface area is 93.2 Å². The van der Waals surface area contributed by atoms with Gasteiger partial charge in [0.25, 0.3) is 0 Å². The number of hydrogen-bond acceptors (Lipinski definition) is 3. The van der Waals surface area contributed by atoms with Gasteiger partial charge in [-0.1, -0.05) is 0 Å². The third-order valence-electron chi connectivity index (χ3n) is 4.03. The molecule has 2 heterocycles. The van der Waals surface area contributed by atoms with E-state index in [2.05, 4.69) is 10.6 Å². The van der Waals surface area contributed by atoms with Crippen molar-refractivity contribution in [2.24, 2.45) is 17.6 Å². The molecule has 0 spiro atoms. The van der Waals surface area contributed by atoms with Crippen molar-refractivity contribution in [1.29, 1.82) is 0 Å². The molecule has 0 aromatic rings. The molecule has 0 radical (unpaired) electrons. The van der Waals surface area contributed by atoms with Gasteiger partial charge in [-0.2, -0.15) is 0 Å². The lowest BCUT2D eigenvalue weighted by Crippen LogP contribution is -2.48. The van der Waals surface area contributed by atoms with Crippen LogP contribution in [-0.2, 0) is 0 Å². The van der Waals surface area contributed by atoms with Crippen molar-refractivity contribution in [2.45, 2.75) is 38.1 Å². The summed E-state index contributed by atoms with van der Waals surface area (Å²) in [6, 6.07) is 0.770. The topological polar surface area (TPSA) is 50.1 Å². The van der Waals surface area contributed by atoms with Crippen LogP contribution in [0.1, 0.15) is 32.1 Å². The van der Waals surface area contributed by atoms with Gasteiger partial charge in [-0.25, -0.2) is 0 Å². The molecular formula is C12H25N3. The molecule has 15 heavy (non-hydrogen) atoms. The molecule has 0 aliphatic carbocycles. The van der Waals surface area contributed by atoms with Crippen LogP contribution in [-0.4, -0.2) is 32.2 Å². The molecule has 3 unspecified atom stereocenters. The van der Waals surface area contributed by atoms with Crippen LogP contribution >= 0.6 is 0 Å². The summed E-state index contributed by atoms with van der Waals surface area (Å²) in [6.07, 6.45) is 6.70. The average molecular weight is 211 g/mol. The highest BCUT2D eigenvalue weighted by Crippen LogP contribution is 2.24. The van der Waals surface area contributed by atoms with Gasteiger partial charge in [0, 0.05) is 6.04 Å². The third-order valence-corrected chi connectivity index (χ3v) is 4.03. The van der Waals surface area contributed by atoms with E-state index < -0.39 is 0 Å². The van der Waals surface area contributed by atoms with Gasteiger partial charge in [0.1, 0.15) is 0 Å². The Bertz CT molecular complexity index is 170. The maximum atomic E-state index is 5.60. The van der Waals surface area contributed by atoms with Crippen LogP contribution in [0.2, 0.25) is 0 Å². The Morgan fingerprint density at radius 3 is 2.67 bits per heavy atom. The van der Waals surface area contributed by atoms with Crippen LogP contribution in [0.3, 0.4) is 0 Å². The minimum absolute atomic E-state index is 0.770. The summed E-state index contributed by atoms with van der Waals surface area (Å²) in [7, 11) is 0. The minimum Gasteiger partial charge on any atom is -0.330 e. The molecule has 0 aromatic heterocycles. The van der Waals surface area contributed by atoms with Crippen LogP contribution in [0.5, 0.6) is 0 Å². The SMILES string of the molecule is NCCC1CCC(C2CCCNC2)NC1. The second-order valence-corrected chi connectivity index (χ2v) is 5.14. The van der Waals surface area contributed by atoms with E-state index in [4.69, 9.17) is 5.73 Å². The number of nitrogens with two attached hydrogens (primary N) is 1. The van der Waals surface area contributed by atoms with Gasteiger partial charge in [0.05, 0.1) is 0 Å². The van der Waals surface area contributed by atoms with E-state index >= 15 is 0 Å². The third kappa shape index (κ3) is 3.16. The monoisotopic (exact) mass is 211 g/mol. The van der Waals surface area contributed by atoms with Gasteiger partial charge in [0.2, 0.25) is 0 Å². The molecular weight excluding hydrogens is 186 g/mol. The number of hydrogen-bond donors (Lipinski definition) is 3. The number of nitrogens with one attached hydrogen (secondary N) is 2. The fourth-order valence-electron chi connectivity index (χ4n) is 3.04. The zero-order valence-electron chi connectivity index (χ0n) is 9.67. The van der Waals surface area contributed by atoms with E-state index in [9.17, 15) is 0 Å². The molecule has 0 amide bonds. The smallest absolute Gasteiger partial charge is 0.0108 e. The number of piperidine rings is 2. The molecule has 2 fully saturated rings. The van der Waals surface area contributed by atoms with Crippen LogP contribution < -0.4 is 16.4 Å². The Morgan fingerprint density at radius 2 is 2.07 bits per heavy atom. The summed E-state index contributed by atoms with van der Waals surface area (Å²) in [6.45, 7) is 4.48. The summed E-state index contributed by atoms with van der Waals surface area (Å²) >= 11 is 0. The van der Waals surface area contributed by atoms with Crippen molar-refractivity contribution in [3.8, 4) is 0 Å². The van der Waals surface area contributed by atoms with Gasteiger partial charge in [0.15, 0.2) is 0 Å². The predicted octanol–water partition coefficient (Wildman–Crippen LogP) is 0.703. The largest absolute Gasteiger partial charge is 0.330 e. The van der Waals surface area contributed by atoms with Gasteiger partial charge in [-0.05, 0) is 70.1 Å². The van der Waals surface area contributed by atoms with Gasteiger partial charge < -0.3 is 16.4 Å². The van der Waals surface area contributed by atoms with E-state index in [1.807, 2.05) is 0 Å². The van der Waals surface area contributed by atoms with E-state index in [1.54, 1.807) is 0 Å². The summed E-state index contributed by atoms with van der Waals surface area (Å²) in [5.74, 6) is 1.71. The lowest BCUT2D eigenvalue weighted by molar-refractivity contribution is 0.211. The summed E-state index contributed by atoms with van der Waals surface area (Å²) < 4.78 is 0. The highest BCUT2D eigenvalue weighted by molar-refractivity contribution is 4.86. The van der Waals surface area contributed by atoms with Crippen LogP contribution in [0.4, 0.5) is 0 Å². The molecule has 0 aromatic carbocycles. The zero-order chi connectivity index (χ0) is 10.5. The molecule has 3 atom stereocenters. The van der Waals surface area contributed by atoms with E-state index in [-0.39, 0.29) is 0 Å². The van der Waals surface area contributed by atoms with E-state index in [0.717, 1.165) is 24.4 Å². The molecule has 2 aliphatic heterocycles. The predicted molar refractivity (Wildman–Crippen MR) is 63.8 cm³/mol. The molecule has 2 saturated heterocycles. The number of rotatable bonds is 3. The van der Waals surface area contributed by atoms with Crippen LogP contribution in [0, 0.1) is 11.8 Å². The molecule has 88 valence electrons. The first-order valence-corrected chi connectivity index (χ1v) is 6.54. The lowest BCUT2D eigenvalue weighted by Gasteiger charge is -2.37. The standard InChI is InChI=1S/C12H25N3/c13-6-5-10-3-4-12(15-8-10)11-2-1-7-14-9-11/h10-12,14-15H,1-9,13H2. The lowest BCUT2D eigenvalue weighted by atomic mass is 9.83. The van der Waals surface area contributed by atoms with Crippen LogP contribution in [0.25, 0.3) is 0 Å². The molecule has 4 N–H and O–H groups in total. The van der Waals surface area contributed by atoms with Crippen molar-refractivity contribution in [3.05, 3.63) is 0 Å². The van der Waals surface area contributed by atoms with Crippen molar-refractivity contribution < 1.29 is 0 Å². The van der Waals surface area contributed by atoms with E-state index in [1.165, 1.54) is 51.7 Å². The van der Waals surface area contributed by atoms with Crippen molar-refractivity contribution in [2.75, 3.05) is 26.2 Å². The van der Waals surface area contributed by atoms with Crippen molar-refractivity contribution in [1.82, 2.24) is 10.6 Å². The van der Waals surface area contributed by atoms with Gasteiger partial charge >= 0.3 is 0 Å². The first-order chi connectivity index (χ1) is 7.40. The zero-order valence-corrected chi connectivity index (χ0v) is 9.67. The normalized spacial score (nSPS) is 37.8. The molecule has 0 bridgehead atoms. The maximum absolute atomic E-state index is 5.60. The van der Waals surface area contributed by atoms with Crippen molar-refractivity contribution in [3.63, 3.8) is 0 Å². The summed E-state index contributed by atoms with van der Waals surface area (Å²) in [5.41, 5.74) is 5.60. The maximum Gasteiger partial charge on any atom is 0.0108 e. The van der Waals surface area contributed by atoms with E-state index in [0.29, 0.717) is 0 Å². The van der Waals surface area contributed by atoms with Crippen LogP contribution in [0.15, 0.2) is 0 Å². The Morgan fingerprint density at radius 1 is 1.13 bits per heavy atom. The first-order valence-electron chi connectivity index (χ1n) is 6.54. The van der Waals surface area contributed by atoms with Gasteiger partial charge in [-0.15, -0.1) is 0 Å². The fraction of sp³-hybridized carbons (Fsp3) is 1.00. The molecule has 2 aliphatic rings. The molecule has 3 nitrogen and oxygen atoms in total. The summed E-state index contributed by atoms with van der Waals surface area (Å²) in [5, 5.41) is 7.24.